The van der Waals surface area contributed by atoms with Crippen molar-refractivity contribution < 1.29 is 9.66 Å². The Morgan fingerprint density at radius 3 is 2.55 bits per heavy atom. The van der Waals surface area contributed by atoms with E-state index in [1.165, 1.54) is 0 Å². The third kappa shape index (κ3) is 3.84. The first-order valence-electron chi connectivity index (χ1n) is 7.32. The number of imidazole rings is 1. The summed E-state index contributed by atoms with van der Waals surface area (Å²) in [6, 6.07) is 7.68. The highest BCUT2D eigenvalue weighted by molar-refractivity contribution is 5.31. The maximum Gasteiger partial charge on any atom is 0.384 e. The van der Waals surface area contributed by atoms with E-state index < -0.39 is 4.92 Å². The van der Waals surface area contributed by atoms with Gasteiger partial charge in [0, 0.05) is 0 Å². The van der Waals surface area contributed by atoms with Crippen molar-refractivity contribution in [3.05, 3.63) is 52.0 Å². The van der Waals surface area contributed by atoms with Gasteiger partial charge in [0.1, 0.15) is 11.4 Å². The standard InChI is InChI=1S/C16H21N3O3/c1-12(2)4-9-15-16(19(20)21)17-11-18(15)10-13-5-7-14(22-3)8-6-13/h5-8,11-12H,4,9-10H2,1-3H3. The Morgan fingerprint density at radius 1 is 1.32 bits per heavy atom. The molecule has 0 aliphatic rings. The first-order chi connectivity index (χ1) is 10.5. The molecule has 0 N–H and O–H groups in total. The Hall–Kier alpha value is -2.37. The van der Waals surface area contributed by atoms with Crippen LogP contribution in [0.1, 0.15) is 31.5 Å². The molecule has 0 saturated carbocycles. The Labute approximate surface area is 129 Å². The van der Waals surface area contributed by atoms with Gasteiger partial charge in [0.05, 0.1) is 13.7 Å². The number of aromatic nitrogens is 2. The second-order valence-electron chi connectivity index (χ2n) is 5.68. The zero-order valence-corrected chi connectivity index (χ0v) is 13.2. The number of hydrogen-bond acceptors (Lipinski definition) is 4. The summed E-state index contributed by atoms with van der Waals surface area (Å²) in [6.07, 6.45) is 3.11. The second kappa shape index (κ2) is 7.06. The number of hydrogen-bond donors (Lipinski definition) is 0. The smallest absolute Gasteiger partial charge is 0.384 e. The molecule has 6 heteroatoms. The summed E-state index contributed by atoms with van der Waals surface area (Å²) in [6.45, 7) is 4.78. The average molecular weight is 303 g/mol. The first-order valence-corrected chi connectivity index (χ1v) is 7.32. The molecular weight excluding hydrogens is 282 g/mol. The van der Waals surface area contributed by atoms with E-state index >= 15 is 0 Å². The van der Waals surface area contributed by atoms with E-state index in [1.54, 1.807) is 13.4 Å². The quantitative estimate of drug-likeness (QED) is 0.580. The SMILES string of the molecule is COc1ccc(Cn2cnc([N+](=O)[O-])c2CCC(C)C)cc1. The van der Waals surface area contributed by atoms with Gasteiger partial charge in [-0.15, -0.1) is 0 Å². The molecule has 0 spiro atoms. The van der Waals surface area contributed by atoms with Gasteiger partial charge in [-0.2, -0.15) is 0 Å². The summed E-state index contributed by atoms with van der Waals surface area (Å²) >= 11 is 0. The van der Waals surface area contributed by atoms with Crippen molar-refractivity contribution in [3.63, 3.8) is 0 Å². The summed E-state index contributed by atoms with van der Waals surface area (Å²) in [5.74, 6) is 1.25. The monoisotopic (exact) mass is 303 g/mol. The molecule has 0 aliphatic carbocycles. The maximum atomic E-state index is 11.1. The summed E-state index contributed by atoms with van der Waals surface area (Å²) in [7, 11) is 1.62. The van der Waals surface area contributed by atoms with Gasteiger partial charge < -0.3 is 19.4 Å². The molecule has 0 bridgehead atoms. The predicted molar refractivity (Wildman–Crippen MR) is 84.1 cm³/mol. The third-order valence-electron chi connectivity index (χ3n) is 3.57. The van der Waals surface area contributed by atoms with E-state index in [4.69, 9.17) is 4.74 Å². The van der Waals surface area contributed by atoms with Crippen molar-refractivity contribution in [2.45, 2.75) is 33.2 Å². The fraction of sp³-hybridized carbons (Fsp3) is 0.438. The molecular formula is C16H21N3O3. The summed E-state index contributed by atoms with van der Waals surface area (Å²) in [4.78, 5) is 14.7. The molecule has 0 fully saturated rings. The molecule has 6 nitrogen and oxygen atoms in total. The number of rotatable bonds is 7. The van der Waals surface area contributed by atoms with E-state index in [-0.39, 0.29) is 5.82 Å². The lowest BCUT2D eigenvalue weighted by atomic mass is 10.1. The van der Waals surface area contributed by atoms with Crippen molar-refractivity contribution in [1.82, 2.24) is 9.55 Å². The minimum absolute atomic E-state index is 0.0332. The highest BCUT2D eigenvalue weighted by Crippen LogP contribution is 2.21. The first kappa shape index (κ1) is 16.0. The lowest BCUT2D eigenvalue weighted by molar-refractivity contribution is -0.390. The van der Waals surface area contributed by atoms with E-state index in [2.05, 4.69) is 18.8 Å². The summed E-state index contributed by atoms with van der Waals surface area (Å²) in [5.41, 5.74) is 1.74. The molecule has 2 aromatic rings. The molecule has 0 radical (unpaired) electrons. The van der Waals surface area contributed by atoms with E-state index in [1.807, 2.05) is 28.8 Å². The molecule has 0 unspecified atom stereocenters. The van der Waals surface area contributed by atoms with Crippen LogP contribution in [0, 0.1) is 16.0 Å². The van der Waals surface area contributed by atoms with Gasteiger partial charge in [0.25, 0.3) is 0 Å². The van der Waals surface area contributed by atoms with Crippen molar-refractivity contribution in [1.29, 1.82) is 0 Å². The highest BCUT2D eigenvalue weighted by atomic mass is 16.6. The number of ether oxygens (including phenoxy) is 1. The normalized spacial score (nSPS) is 10.9. The van der Waals surface area contributed by atoms with Gasteiger partial charge in [-0.3, -0.25) is 0 Å². The lowest BCUT2D eigenvalue weighted by Crippen LogP contribution is -2.06. The van der Waals surface area contributed by atoms with Crippen molar-refractivity contribution in [2.24, 2.45) is 5.92 Å². The van der Waals surface area contributed by atoms with Crippen LogP contribution in [-0.2, 0) is 13.0 Å². The fourth-order valence-electron chi connectivity index (χ4n) is 2.29. The number of nitrogens with zero attached hydrogens (tertiary/aromatic N) is 3. The van der Waals surface area contributed by atoms with Crippen LogP contribution in [0.5, 0.6) is 5.75 Å². The number of nitro groups is 1. The zero-order chi connectivity index (χ0) is 16.1. The van der Waals surface area contributed by atoms with E-state index in [0.717, 1.165) is 17.7 Å². The minimum atomic E-state index is -0.403. The van der Waals surface area contributed by atoms with Crippen molar-refractivity contribution in [3.8, 4) is 5.75 Å². The molecule has 0 saturated heterocycles. The van der Waals surface area contributed by atoms with Crippen molar-refractivity contribution >= 4 is 5.82 Å². The number of methoxy groups -OCH3 is 1. The minimum Gasteiger partial charge on any atom is -0.497 e. The third-order valence-corrected chi connectivity index (χ3v) is 3.57. The molecule has 0 amide bonds. The topological polar surface area (TPSA) is 70.2 Å². The van der Waals surface area contributed by atoms with Gasteiger partial charge in [0.2, 0.25) is 6.33 Å². The van der Waals surface area contributed by atoms with Gasteiger partial charge in [-0.05, 0) is 46.4 Å². The number of benzene rings is 1. The molecule has 2 rings (SSSR count). The van der Waals surface area contributed by atoms with Gasteiger partial charge in [0.15, 0.2) is 0 Å². The molecule has 1 heterocycles. The Kier molecular flexibility index (Phi) is 5.14. The van der Waals surface area contributed by atoms with Gasteiger partial charge in [-0.25, -0.2) is 0 Å². The molecule has 118 valence electrons. The zero-order valence-electron chi connectivity index (χ0n) is 13.2. The molecule has 1 aromatic carbocycles. The second-order valence-corrected chi connectivity index (χ2v) is 5.68. The molecule has 0 atom stereocenters. The van der Waals surface area contributed by atoms with Crippen LogP contribution < -0.4 is 4.74 Å². The van der Waals surface area contributed by atoms with Crippen LogP contribution in [0.3, 0.4) is 0 Å². The largest absolute Gasteiger partial charge is 0.497 e. The van der Waals surface area contributed by atoms with Crippen LogP contribution in [0.4, 0.5) is 5.82 Å². The predicted octanol–water partition coefficient (Wildman–Crippen LogP) is 3.44. The summed E-state index contributed by atoms with van der Waals surface area (Å²) < 4.78 is 7.00. The van der Waals surface area contributed by atoms with E-state index in [9.17, 15) is 10.1 Å². The Morgan fingerprint density at radius 2 is 2.00 bits per heavy atom. The summed E-state index contributed by atoms with van der Waals surface area (Å²) in [5, 5.41) is 11.1. The van der Waals surface area contributed by atoms with E-state index in [0.29, 0.717) is 24.6 Å². The van der Waals surface area contributed by atoms with Crippen molar-refractivity contribution in [2.75, 3.05) is 7.11 Å². The van der Waals surface area contributed by atoms with Gasteiger partial charge in [-0.1, -0.05) is 26.0 Å². The van der Waals surface area contributed by atoms with Crippen LogP contribution in [0.25, 0.3) is 0 Å². The highest BCUT2D eigenvalue weighted by Gasteiger charge is 2.21. The lowest BCUT2D eigenvalue weighted by Gasteiger charge is -2.09. The van der Waals surface area contributed by atoms with Gasteiger partial charge >= 0.3 is 5.82 Å². The van der Waals surface area contributed by atoms with Crippen LogP contribution >= 0.6 is 0 Å². The van der Waals surface area contributed by atoms with Crippen LogP contribution in [0.15, 0.2) is 30.6 Å². The maximum absolute atomic E-state index is 11.1. The molecule has 1 aromatic heterocycles. The van der Waals surface area contributed by atoms with Crippen LogP contribution in [0.2, 0.25) is 0 Å². The average Bonchev–Trinajstić information content (AvgIpc) is 2.89. The Balaban J connectivity index is 2.23. The molecule has 22 heavy (non-hydrogen) atoms. The fourth-order valence-corrected chi connectivity index (χ4v) is 2.29. The van der Waals surface area contributed by atoms with Crippen LogP contribution in [-0.4, -0.2) is 21.6 Å². The Bertz CT molecular complexity index is 633. The molecule has 0 aliphatic heterocycles.